The minimum atomic E-state index is -0.257. The van der Waals surface area contributed by atoms with Crippen molar-refractivity contribution >= 4 is 11.7 Å². The van der Waals surface area contributed by atoms with Crippen LogP contribution in [0, 0.1) is 0 Å². The number of rotatable bonds is 7. The molecular formula is C18H22N4O3. The fourth-order valence-corrected chi connectivity index (χ4v) is 2.48. The van der Waals surface area contributed by atoms with Crippen molar-refractivity contribution in [3.8, 4) is 11.5 Å². The summed E-state index contributed by atoms with van der Waals surface area (Å²) >= 11 is 0. The molecular weight excluding hydrogens is 320 g/mol. The third-order valence-electron chi connectivity index (χ3n) is 4.01. The Bertz CT molecular complexity index is 734. The number of benzene rings is 1. The van der Waals surface area contributed by atoms with Crippen LogP contribution in [-0.4, -0.2) is 36.5 Å². The fraction of sp³-hybridized carbons (Fsp3) is 0.389. The van der Waals surface area contributed by atoms with E-state index in [1.165, 1.54) is 0 Å². The number of amides is 1. The van der Waals surface area contributed by atoms with Gasteiger partial charge in [-0.25, -0.2) is 0 Å². The highest BCUT2D eigenvalue weighted by Crippen LogP contribution is 2.32. The largest absolute Gasteiger partial charge is 0.454 e. The number of unbranched alkanes of at least 4 members (excludes halogenated alkanes) is 1. The van der Waals surface area contributed by atoms with E-state index in [2.05, 4.69) is 22.4 Å². The number of ether oxygens (including phenoxy) is 2. The second-order valence-corrected chi connectivity index (χ2v) is 5.92. The smallest absolute Gasteiger partial charge is 0.272 e. The van der Waals surface area contributed by atoms with Crippen LogP contribution >= 0.6 is 0 Å². The summed E-state index contributed by atoms with van der Waals surface area (Å²) in [6, 6.07) is 9.10. The lowest BCUT2D eigenvalue weighted by Crippen LogP contribution is -2.25. The zero-order valence-electron chi connectivity index (χ0n) is 14.5. The van der Waals surface area contributed by atoms with E-state index < -0.39 is 0 Å². The molecule has 0 saturated heterocycles. The van der Waals surface area contributed by atoms with E-state index >= 15 is 0 Å². The van der Waals surface area contributed by atoms with Crippen LogP contribution in [0.4, 0.5) is 5.82 Å². The molecule has 132 valence electrons. The molecule has 0 aliphatic carbocycles. The molecule has 7 nitrogen and oxygen atoms in total. The molecule has 1 aliphatic rings. The molecule has 7 heteroatoms. The number of anilines is 1. The molecule has 1 aromatic heterocycles. The van der Waals surface area contributed by atoms with Crippen molar-refractivity contribution < 1.29 is 14.3 Å². The third-order valence-corrected chi connectivity index (χ3v) is 4.01. The lowest BCUT2D eigenvalue weighted by molar-refractivity contribution is 0.0945. The molecule has 0 saturated carbocycles. The van der Waals surface area contributed by atoms with Gasteiger partial charge in [0.15, 0.2) is 23.0 Å². The van der Waals surface area contributed by atoms with E-state index in [9.17, 15) is 4.79 Å². The van der Waals surface area contributed by atoms with E-state index in [0.29, 0.717) is 18.0 Å². The van der Waals surface area contributed by atoms with Crippen molar-refractivity contribution in [2.75, 3.05) is 25.3 Å². The van der Waals surface area contributed by atoms with Gasteiger partial charge in [0.2, 0.25) is 6.79 Å². The molecule has 2 aromatic rings. The molecule has 0 bridgehead atoms. The summed E-state index contributed by atoms with van der Waals surface area (Å²) in [4.78, 5) is 14.3. The van der Waals surface area contributed by atoms with E-state index in [1.54, 1.807) is 6.07 Å². The number of nitrogens with one attached hydrogen (secondary N) is 1. The first-order chi connectivity index (χ1) is 12.2. The van der Waals surface area contributed by atoms with Gasteiger partial charge in [0.25, 0.3) is 5.91 Å². The Labute approximate surface area is 147 Å². The Kier molecular flexibility index (Phi) is 5.33. The van der Waals surface area contributed by atoms with Gasteiger partial charge < -0.3 is 19.7 Å². The number of nitrogens with zero attached hydrogens (tertiary/aromatic N) is 3. The summed E-state index contributed by atoms with van der Waals surface area (Å²) in [6.07, 6.45) is 2.22. The van der Waals surface area contributed by atoms with Crippen LogP contribution in [0.25, 0.3) is 0 Å². The number of carbonyl (C=O) groups is 1. The molecule has 25 heavy (non-hydrogen) atoms. The molecule has 0 unspecified atom stereocenters. The van der Waals surface area contributed by atoms with Crippen molar-refractivity contribution in [1.82, 2.24) is 15.5 Å². The van der Waals surface area contributed by atoms with Crippen LogP contribution in [0.2, 0.25) is 0 Å². The van der Waals surface area contributed by atoms with Crippen molar-refractivity contribution in [1.29, 1.82) is 0 Å². The lowest BCUT2D eigenvalue weighted by atomic mass is 10.2. The summed E-state index contributed by atoms with van der Waals surface area (Å²) in [5.41, 5.74) is 1.23. The molecule has 1 aromatic carbocycles. The average molecular weight is 342 g/mol. The second-order valence-electron chi connectivity index (χ2n) is 5.92. The molecule has 1 N–H and O–H groups in total. The quantitative estimate of drug-likeness (QED) is 0.832. The zero-order chi connectivity index (χ0) is 17.6. The van der Waals surface area contributed by atoms with Crippen LogP contribution < -0.4 is 19.7 Å². The van der Waals surface area contributed by atoms with Crippen molar-refractivity contribution in [2.24, 2.45) is 0 Å². The first kappa shape index (κ1) is 17.0. The Morgan fingerprint density at radius 1 is 1.20 bits per heavy atom. The summed E-state index contributed by atoms with van der Waals surface area (Å²) in [5.74, 6) is 1.93. The Morgan fingerprint density at radius 2 is 2.04 bits per heavy atom. The monoisotopic (exact) mass is 342 g/mol. The second kappa shape index (κ2) is 7.83. The van der Waals surface area contributed by atoms with E-state index in [1.807, 2.05) is 36.2 Å². The number of aromatic nitrogens is 2. The molecule has 0 spiro atoms. The predicted molar refractivity (Wildman–Crippen MR) is 93.9 cm³/mol. The lowest BCUT2D eigenvalue weighted by Gasteiger charge is -2.16. The van der Waals surface area contributed by atoms with Crippen LogP contribution in [0.3, 0.4) is 0 Å². The Morgan fingerprint density at radius 3 is 2.80 bits per heavy atom. The molecule has 1 amide bonds. The van der Waals surface area contributed by atoms with Crippen molar-refractivity contribution in [3.63, 3.8) is 0 Å². The highest BCUT2D eigenvalue weighted by Gasteiger charge is 2.14. The van der Waals surface area contributed by atoms with Crippen LogP contribution in [0.1, 0.15) is 35.8 Å². The van der Waals surface area contributed by atoms with Crippen molar-refractivity contribution in [2.45, 2.75) is 26.3 Å². The van der Waals surface area contributed by atoms with E-state index in [0.717, 1.165) is 36.5 Å². The van der Waals surface area contributed by atoms with Gasteiger partial charge in [0.05, 0.1) is 0 Å². The van der Waals surface area contributed by atoms with Crippen LogP contribution in [0.5, 0.6) is 11.5 Å². The van der Waals surface area contributed by atoms with Gasteiger partial charge in [0, 0.05) is 20.1 Å². The minimum Gasteiger partial charge on any atom is -0.454 e. The first-order valence-corrected chi connectivity index (χ1v) is 8.39. The maximum atomic E-state index is 12.2. The fourth-order valence-electron chi connectivity index (χ4n) is 2.48. The van der Waals surface area contributed by atoms with E-state index in [-0.39, 0.29) is 12.7 Å². The molecule has 0 radical (unpaired) electrons. The van der Waals surface area contributed by atoms with Gasteiger partial charge in [-0.15, -0.1) is 10.2 Å². The zero-order valence-corrected chi connectivity index (χ0v) is 14.5. The molecule has 1 aliphatic heterocycles. The summed E-state index contributed by atoms with van der Waals surface area (Å²) < 4.78 is 10.6. The van der Waals surface area contributed by atoms with Crippen molar-refractivity contribution in [3.05, 3.63) is 41.6 Å². The SMILES string of the molecule is CCCCN(C)c1ccc(C(=O)NCc2ccc3c(c2)OCO3)nn1. The first-order valence-electron chi connectivity index (χ1n) is 8.39. The number of carbonyl (C=O) groups excluding carboxylic acids is 1. The average Bonchev–Trinajstić information content (AvgIpc) is 3.12. The molecule has 2 heterocycles. The van der Waals surface area contributed by atoms with Crippen LogP contribution in [0.15, 0.2) is 30.3 Å². The highest BCUT2D eigenvalue weighted by atomic mass is 16.7. The summed E-state index contributed by atoms with van der Waals surface area (Å²) in [6.45, 7) is 3.68. The maximum Gasteiger partial charge on any atom is 0.272 e. The summed E-state index contributed by atoms with van der Waals surface area (Å²) in [5, 5.41) is 11.0. The highest BCUT2D eigenvalue weighted by molar-refractivity contribution is 5.92. The molecule has 3 rings (SSSR count). The summed E-state index contributed by atoms with van der Waals surface area (Å²) in [7, 11) is 1.97. The van der Waals surface area contributed by atoms with Gasteiger partial charge >= 0.3 is 0 Å². The van der Waals surface area contributed by atoms with Gasteiger partial charge in [-0.1, -0.05) is 19.4 Å². The number of fused-ring (bicyclic) bond motifs is 1. The normalized spacial score (nSPS) is 12.1. The van der Waals surface area contributed by atoms with E-state index in [4.69, 9.17) is 9.47 Å². The standard InChI is InChI=1S/C18H22N4O3/c1-3-4-9-22(2)17-8-6-14(20-21-17)18(23)19-11-13-5-7-15-16(10-13)25-12-24-15/h5-8,10H,3-4,9,11-12H2,1-2H3,(H,19,23). The van der Waals surface area contributed by atoms with Crippen LogP contribution in [-0.2, 0) is 6.54 Å². The number of hydrogen-bond donors (Lipinski definition) is 1. The Balaban J connectivity index is 1.56. The third kappa shape index (κ3) is 4.17. The Hall–Kier alpha value is -2.83. The molecule has 0 atom stereocenters. The van der Waals surface area contributed by atoms with Gasteiger partial charge in [-0.2, -0.15) is 0 Å². The minimum absolute atomic E-state index is 0.236. The topological polar surface area (TPSA) is 76.6 Å². The van der Waals surface area contributed by atoms with Gasteiger partial charge in [-0.05, 0) is 36.2 Å². The van der Waals surface area contributed by atoms with Gasteiger partial charge in [0.1, 0.15) is 0 Å². The number of hydrogen-bond acceptors (Lipinski definition) is 6. The predicted octanol–water partition coefficient (Wildman–Crippen LogP) is 2.37. The maximum absolute atomic E-state index is 12.2. The van der Waals surface area contributed by atoms with Gasteiger partial charge in [-0.3, -0.25) is 4.79 Å². The molecule has 0 fully saturated rings.